The van der Waals surface area contributed by atoms with Crippen LogP contribution in [-0.4, -0.2) is 9.55 Å². The van der Waals surface area contributed by atoms with Crippen molar-refractivity contribution in [3.05, 3.63) is 22.4 Å². The SMILES string of the molecule is CC(C)CCCCn1c(N)nc2cc(F)c(Br)cc21. The number of benzene rings is 1. The molecule has 0 unspecified atom stereocenters. The van der Waals surface area contributed by atoms with Gasteiger partial charge in [0, 0.05) is 12.6 Å². The Bertz CT molecular complexity index is 578. The number of hydrogen-bond donors (Lipinski definition) is 1. The fraction of sp³-hybridized carbons (Fsp3) is 0.500. The molecule has 0 radical (unpaired) electrons. The Balaban J connectivity index is 2.18. The fourth-order valence-electron chi connectivity index (χ4n) is 2.20. The first-order chi connectivity index (χ1) is 8.99. The molecular weight excluding hydrogens is 309 g/mol. The van der Waals surface area contributed by atoms with E-state index in [1.807, 2.05) is 4.57 Å². The highest BCUT2D eigenvalue weighted by atomic mass is 79.9. The molecule has 0 aliphatic rings. The van der Waals surface area contributed by atoms with Gasteiger partial charge in [0.15, 0.2) is 0 Å². The third-order valence-electron chi connectivity index (χ3n) is 3.23. The Morgan fingerprint density at radius 1 is 1.37 bits per heavy atom. The third kappa shape index (κ3) is 3.26. The van der Waals surface area contributed by atoms with E-state index in [0.29, 0.717) is 15.9 Å². The van der Waals surface area contributed by atoms with E-state index < -0.39 is 0 Å². The van der Waals surface area contributed by atoms with Gasteiger partial charge in [0.05, 0.1) is 15.5 Å². The number of aryl methyl sites for hydroxylation is 1. The Morgan fingerprint density at radius 2 is 2.11 bits per heavy atom. The third-order valence-corrected chi connectivity index (χ3v) is 3.84. The highest BCUT2D eigenvalue weighted by Gasteiger charge is 2.11. The van der Waals surface area contributed by atoms with Crippen LogP contribution in [0.2, 0.25) is 0 Å². The van der Waals surface area contributed by atoms with Gasteiger partial charge in [-0.1, -0.05) is 26.7 Å². The van der Waals surface area contributed by atoms with E-state index in [1.165, 1.54) is 18.9 Å². The number of rotatable bonds is 5. The zero-order chi connectivity index (χ0) is 14.0. The van der Waals surface area contributed by atoms with Gasteiger partial charge in [-0.2, -0.15) is 0 Å². The van der Waals surface area contributed by atoms with Gasteiger partial charge in [-0.15, -0.1) is 0 Å². The Morgan fingerprint density at radius 3 is 2.79 bits per heavy atom. The molecule has 19 heavy (non-hydrogen) atoms. The number of imidazole rings is 1. The van der Waals surface area contributed by atoms with Gasteiger partial charge >= 0.3 is 0 Å². The van der Waals surface area contributed by atoms with Crippen LogP contribution in [-0.2, 0) is 6.54 Å². The summed E-state index contributed by atoms with van der Waals surface area (Å²) in [5.74, 6) is 0.870. The van der Waals surface area contributed by atoms with Gasteiger partial charge in [-0.3, -0.25) is 0 Å². The summed E-state index contributed by atoms with van der Waals surface area (Å²) < 4.78 is 15.9. The van der Waals surface area contributed by atoms with Gasteiger partial charge in [-0.05, 0) is 34.3 Å². The van der Waals surface area contributed by atoms with E-state index in [4.69, 9.17) is 5.73 Å². The van der Waals surface area contributed by atoms with Crippen LogP contribution >= 0.6 is 15.9 Å². The number of nitrogens with two attached hydrogens (primary N) is 1. The highest BCUT2D eigenvalue weighted by molar-refractivity contribution is 9.10. The maximum atomic E-state index is 13.4. The minimum Gasteiger partial charge on any atom is -0.369 e. The number of hydrogen-bond acceptors (Lipinski definition) is 2. The van der Waals surface area contributed by atoms with Gasteiger partial charge < -0.3 is 10.3 Å². The lowest BCUT2D eigenvalue weighted by Crippen LogP contribution is -2.04. The average molecular weight is 328 g/mol. The first-order valence-corrected chi connectivity index (χ1v) is 7.39. The second-order valence-corrected chi connectivity index (χ2v) is 6.12. The molecule has 2 rings (SSSR count). The first-order valence-electron chi connectivity index (χ1n) is 6.59. The van der Waals surface area contributed by atoms with Crippen LogP contribution in [0.25, 0.3) is 11.0 Å². The largest absolute Gasteiger partial charge is 0.369 e. The summed E-state index contributed by atoms with van der Waals surface area (Å²) >= 11 is 3.20. The maximum Gasteiger partial charge on any atom is 0.201 e. The van der Waals surface area contributed by atoms with Gasteiger partial charge in [0.2, 0.25) is 5.95 Å². The van der Waals surface area contributed by atoms with E-state index in [2.05, 4.69) is 34.8 Å². The predicted octanol–water partition coefficient (Wildman–Crippen LogP) is 4.35. The molecule has 3 nitrogen and oxygen atoms in total. The summed E-state index contributed by atoms with van der Waals surface area (Å²) in [7, 11) is 0. The quantitative estimate of drug-likeness (QED) is 0.830. The van der Waals surface area contributed by atoms with Crippen molar-refractivity contribution in [2.24, 2.45) is 5.92 Å². The molecule has 0 fully saturated rings. The summed E-state index contributed by atoms with van der Waals surface area (Å²) in [6.07, 6.45) is 3.44. The van der Waals surface area contributed by atoms with Crippen molar-refractivity contribution in [1.29, 1.82) is 0 Å². The van der Waals surface area contributed by atoms with E-state index in [1.54, 1.807) is 6.07 Å². The van der Waals surface area contributed by atoms with Crippen LogP contribution in [0, 0.1) is 11.7 Å². The minimum absolute atomic E-state index is 0.308. The standard InChI is InChI=1S/C14H19BrFN3/c1-9(2)5-3-4-6-19-13-7-10(15)11(16)8-12(13)18-14(19)17/h7-9H,3-6H2,1-2H3,(H2,17,18). The molecule has 0 spiro atoms. The van der Waals surface area contributed by atoms with Crippen LogP contribution in [0.3, 0.4) is 0 Å². The summed E-state index contributed by atoms with van der Waals surface area (Å²) in [5, 5.41) is 0. The molecule has 2 N–H and O–H groups in total. The van der Waals surface area contributed by atoms with Crippen LogP contribution < -0.4 is 5.73 Å². The molecule has 0 saturated heterocycles. The molecular formula is C14H19BrFN3. The van der Waals surface area contributed by atoms with Crippen molar-refractivity contribution in [1.82, 2.24) is 9.55 Å². The van der Waals surface area contributed by atoms with E-state index in [9.17, 15) is 4.39 Å². The smallest absolute Gasteiger partial charge is 0.201 e. The molecule has 0 aliphatic carbocycles. The molecule has 104 valence electrons. The van der Waals surface area contributed by atoms with Crippen molar-refractivity contribution in [3.63, 3.8) is 0 Å². The van der Waals surface area contributed by atoms with Crippen LogP contribution in [0.4, 0.5) is 10.3 Å². The fourth-order valence-corrected chi connectivity index (χ4v) is 2.53. The van der Waals surface area contributed by atoms with Crippen molar-refractivity contribution < 1.29 is 4.39 Å². The number of aromatic nitrogens is 2. The van der Waals surface area contributed by atoms with Crippen LogP contribution in [0.5, 0.6) is 0 Å². The number of unbranched alkanes of at least 4 members (excludes halogenated alkanes) is 1. The summed E-state index contributed by atoms with van der Waals surface area (Å²) in [5.41, 5.74) is 7.41. The van der Waals surface area contributed by atoms with Crippen molar-refractivity contribution in [2.75, 3.05) is 5.73 Å². The molecule has 0 bridgehead atoms. The Kier molecular flexibility index (Phi) is 4.45. The second kappa shape index (κ2) is 5.90. The molecule has 0 aliphatic heterocycles. The molecule has 0 amide bonds. The zero-order valence-corrected chi connectivity index (χ0v) is 12.9. The lowest BCUT2D eigenvalue weighted by Gasteiger charge is -2.08. The van der Waals surface area contributed by atoms with Crippen LogP contribution in [0.1, 0.15) is 33.1 Å². The normalized spacial score (nSPS) is 11.6. The molecule has 5 heteroatoms. The summed E-state index contributed by atoms with van der Waals surface area (Å²) in [6, 6.07) is 3.16. The van der Waals surface area contributed by atoms with Gasteiger partial charge in [0.1, 0.15) is 5.82 Å². The van der Waals surface area contributed by atoms with Crippen LogP contribution in [0.15, 0.2) is 16.6 Å². The second-order valence-electron chi connectivity index (χ2n) is 5.27. The topological polar surface area (TPSA) is 43.8 Å². The summed E-state index contributed by atoms with van der Waals surface area (Å²) in [6.45, 7) is 5.27. The molecule has 1 aromatic carbocycles. The van der Waals surface area contributed by atoms with Crippen molar-refractivity contribution >= 4 is 32.9 Å². The zero-order valence-electron chi connectivity index (χ0n) is 11.3. The number of nitrogen functional groups attached to an aromatic ring is 1. The lowest BCUT2D eigenvalue weighted by atomic mass is 10.1. The minimum atomic E-state index is -0.308. The molecule has 0 saturated carbocycles. The summed E-state index contributed by atoms with van der Waals surface area (Å²) in [4.78, 5) is 4.21. The number of anilines is 1. The monoisotopic (exact) mass is 327 g/mol. The number of fused-ring (bicyclic) bond motifs is 1. The average Bonchev–Trinajstić information content (AvgIpc) is 2.61. The van der Waals surface area contributed by atoms with Gasteiger partial charge in [0.25, 0.3) is 0 Å². The molecule has 1 aromatic heterocycles. The van der Waals surface area contributed by atoms with Crippen molar-refractivity contribution in [3.8, 4) is 0 Å². The van der Waals surface area contributed by atoms with E-state index in [0.717, 1.165) is 24.4 Å². The number of halogens is 2. The van der Waals surface area contributed by atoms with Gasteiger partial charge in [-0.25, -0.2) is 9.37 Å². The number of nitrogens with zero attached hydrogens (tertiary/aromatic N) is 2. The maximum absolute atomic E-state index is 13.4. The molecule has 0 atom stereocenters. The predicted molar refractivity (Wildman–Crippen MR) is 80.5 cm³/mol. The van der Waals surface area contributed by atoms with E-state index in [-0.39, 0.29) is 5.82 Å². The lowest BCUT2D eigenvalue weighted by molar-refractivity contribution is 0.514. The molecule has 1 heterocycles. The Hall–Kier alpha value is -1.10. The Labute approximate surface area is 121 Å². The molecule has 2 aromatic rings. The first kappa shape index (κ1) is 14.3. The van der Waals surface area contributed by atoms with E-state index >= 15 is 0 Å². The van der Waals surface area contributed by atoms with Crippen molar-refractivity contribution in [2.45, 2.75) is 39.7 Å². The highest BCUT2D eigenvalue weighted by Crippen LogP contribution is 2.25.